The number of benzene rings is 1. The summed E-state index contributed by atoms with van der Waals surface area (Å²) in [6, 6.07) is 6.27. The molecule has 1 N–H and O–H groups in total. The summed E-state index contributed by atoms with van der Waals surface area (Å²) < 4.78 is 15.1. The second-order valence-corrected chi connectivity index (χ2v) is 6.67. The average molecular weight is 350 g/mol. The monoisotopic (exact) mass is 350 g/mol. The van der Waals surface area contributed by atoms with Gasteiger partial charge in [0.25, 0.3) is 0 Å². The number of rotatable bonds is 7. The normalized spacial score (nSPS) is 14.5. The minimum Gasteiger partial charge on any atom is -0.481 e. The zero-order chi connectivity index (χ0) is 16.9. The third kappa shape index (κ3) is 4.12. The Balaban J connectivity index is 1.59. The maximum Gasteiger partial charge on any atom is 0.303 e. The van der Waals surface area contributed by atoms with Crippen LogP contribution in [-0.2, 0) is 11.5 Å². The third-order valence-corrected chi connectivity index (χ3v) is 4.96. The van der Waals surface area contributed by atoms with Crippen molar-refractivity contribution >= 4 is 17.7 Å². The molecule has 1 aromatic heterocycles. The van der Waals surface area contributed by atoms with Gasteiger partial charge in [0.2, 0.25) is 0 Å². The van der Waals surface area contributed by atoms with Crippen LogP contribution in [0.2, 0.25) is 0 Å². The number of nitrogens with zero attached hydrogens (tertiary/aromatic N) is 4. The van der Waals surface area contributed by atoms with Crippen LogP contribution in [0.15, 0.2) is 29.4 Å². The molecule has 1 aliphatic heterocycles. The molecule has 0 radical (unpaired) electrons. The van der Waals surface area contributed by atoms with Gasteiger partial charge in [-0.2, -0.15) is 0 Å². The molecule has 0 fully saturated rings. The Labute approximate surface area is 143 Å². The van der Waals surface area contributed by atoms with E-state index in [4.69, 9.17) is 5.11 Å². The lowest BCUT2D eigenvalue weighted by molar-refractivity contribution is -0.137. The van der Waals surface area contributed by atoms with Crippen LogP contribution >= 0.6 is 11.8 Å². The summed E-state index contributed by atoms with van der Waals surface area (Å²) in [7, 11) is 0. The van der Waals surface area contributed by atoms with Crippen LogP contribution in [0.25, 0.3) is 11.4 Å². The molecular formula is C16H19FN4O2S. The van der Waals surface area contributed by atoms with Gasteiger partial charge < -0.3 is 5.11 Å². The van der Waals surface area contributed by atoms with E-state index < -0.39 is 5.97 Å². The van der Waals surface area contributed by atoms with Crippen LogP contribution in [0.1, 0.15) is 25.7 Å². The second-order valence-electron chi connectivity index (χ2n) is 5.75. The number of hydrogen-bond donors (Lipinski definition) is 1. The molecule has 2 aromatic rings. The lowest BCUT2D eigenvalue weighted by Gasteiger charge is -2.27. The van der Waals surface area contributed by atoms with Gasteiger partial charge in [-0.1, -0.05) is 18.2 Å². The summed E-state index contributed by atoms with van der Waals surface area (Å²) in [5.41, 5.74) is 0.846. The Hall–Kier alpha value is -1.93. The van der Waals surface area contributed by atoms with Gasteiger partial charge in [-0.25, -0.2) is 4.39 Å². The van der Waals surface area contributed by atoms with E-state index in [2.05, 4.69) is 15.1 Å². The van der Waals surface area contributed by atoms with Crippen molar-refractivity contribution in [1.29, 1.82) is 0 Å². The number of hydrogen-bond acceptors (Lipinski definition) is 5. The van der Waals surface area contributed by atoms with E-state index >= 15 is 0 Å². The minimum absolute atomic E-state index is 0.235. The number of thioether (sulfide) groups is 1. The first-order valence-electron chi connectivity index (χ1n) is 7.89. The number of halogens is 1. The Morgan fingerprint density at radius 2 is 2.00 bits per heavy atom. The molecule has 24 heavy (non-hydrogen) atoms. The van der Waals surface area contributed by atoms with Crippen molar-refractivity contribution < 1.29 is 14.3 Å². The van der Waals surface area contributed by atoms with Crippen LogP contribution < -0.4 is 0 Å². The fourth-order valence-corrected chi connectivity index (χ4v) is 3.56. The predicted molar refractivity (Wildman–Crippen MR) is 88.9 cm³/mol. The molecule has 1 aliphatic rings. The molecule has 128 valence electrons. The SMILES string of the molecule is O=C(O)CCCCCN1CSc2nnc(-c3ccc(F)cc3)n2C1. The van der Waals surface area contributed by atoms with Crippen molar-refractivity contribution in [2.24, 2.45) is 0 Å². The molecular weight excluding hydrogens is 331 g/mol. The van der Waals surface area contributed by atoms with Crippen LogP contribution in [-0.4, -0.2) is 43.2 Å². The largest absolute Gasteiger partial charge is 0.481 e. The van der Waals surface area contributed by atoms with E-state index in [1.165, 1.54) is 12.1 Å². The summed E-state index contributed by atoms with van der Waals surface area (Å²) in [4.78, 5) is 12.8. The van der Waals surface area contributed by atoms with Crippen LogP contribution in [0.3, 0.4) is 0 Å². The first-order chi connectivity index (χ1) is 11.6. The highest BCUT2D eigenvalue weighted by molar-refractivity contribution is 7.99. The maximum absolute atomic E-state index is 13.1. The van der Waals surface area contributed by atoms with Gasteiger partial charge in [0.1, 0.15) is 5.82 Å². The topological polar surface area (TPSA) is 71.2 Å². The molecule has 2 heterocycles. The van der Waals surface area contributed by atoms with E-state index in [1.54, 1.807) is 23.9 Å². The number of unbranched alkanes of at least 4 members (excludes halogenated alkanes) is 2. The third-order valence-electron chi connectivity index (χ3n) is 3.90. The first-order valence-corrected chi connectivity index (χ1v) is 8.88. The number of aliphatic carboxylic acids is 1. The molecule has 6 nitrogen and oxygen atoms in total. The molecule has 0 bridgehead atoms. The molecule has 0 unspecified atom stereocenters. The number of carboxylic acid groups (broad SMARTS) is 1. The second kappa shape index (κ2) is 7.76. The zero-order valence-corrected chi connectivity index (χ0v) is 14.0. The average Bonchev–Trinajstić information content (AvgIpc) is 2.98. The molecule has 0 saturated carbocycles. The maximum atomic E-state index is 13.1. The Morgan fingerprint density at radius 1 is 1.21 bits per heavy atom. The van der Waals surface area contributed by atoms with Gasteiger partial charge >= 0.3 is 5.97 Å². The summed E-state index contributed by atoms with van der Waals surface area (Å²) in [6.07, 6.45) is 2.83. The fourth-order valence-electron chi connectivity index (χ4n) is 2.65. The van der Waals surface area contributed by atoms with E-state index in [9.17, 15) is 9.18 Å². The van der Waals surface area contributed by atoms with Gasteiger partial charge in [-0.15, -0.1) is 10.2 Å². The predicted octanol–water partition coefficient (Wildman–Crippen LogP) is 3.05. The van der Waals surface area contributed by atoms with Crippen LogP contribution in [0.4, 0.5) is 4.39 Å². The fraction of sp³-hybridized carbons (Fsp3) is 0.438. The highest BCUT2D eigenvalue weighted by Gasteiger charge is 2.22. The molecule has 0 atom stereocenters. The van der Waals surface area contributed by atoms with Gasteiger partial charge in [0, 0.05) is 18.5 Å². The summed E-state index contributed by atoms with van der Waals surface area (Å²) in [6.45, 7) is 1.61. The highest BCUT2D eigenvalue weighted by atomic mass is 32.2. The summed E-state index contributed by atoms with van der Waals surface area (Å²) in [5.74, 6) is 0.588. The van der Waals surface area contributed by atoms with Crippen molar-refractivity contribution in [2.45, 2.75) is 37.5 Å². The van der Waals surface area contributed by atoms with Crippen molar-refractivity contribution in [1.82, 2.24) is 19.7 Å². The van der Waals surface area contributed by atoms with Crippen molar-refractivity contribution in [3.8, 4) is 11.4 Å². The Morgan fingerprint density at radius 3 is 2.75 bits per heavy atom. The van der Waals surface area contributed by atoms with Crippen molar-refractivity contribution in [3.05, 3.63) is 30.1 Å². The lowest BCUT2D eigenvalue weighted by atomic mass is 10.2. The number of carboxylic acids is 1. The van der Waals surface area contributed by atoms with Gasteiger partial charge in [-0.05, 0) is 37.1 Å². The number of aromatic nitrogens is 3. The quantitative estimate of drug-likeness (QED) is 0.774. The van der Waals surface area contributed by atoms with Crippen LogP contribution in [0, 0.1) is 5.82 Å². The molecule has 0 saturated heterocycles. The number of fused-ring (bicyclic) bond motifs is 1. The molecule has 0 aliphatic carbocycles. The summed E-state index contributed by atoms with van der Waals surface area (Å²) in [5, 5.41) is 18.0. The molecule has 8 heteroatoms. The zero-order valence-electron chi connectivity index (χ0n) is 13.2. The first kappa shape index (κ1) is 16.9. The van der Waals surface area contributed by atoms with Gasteiger partial charge in [0.05, 0.1) is 12.5 Å². The summed E-state index contributed by atoms with van der Waals surface area (Å²) >= 11 is 1.63. The van der Waals surface area contributed by atoms with E-state index in [0.29, 0.717) is 6.67 Å². The molecule has 1 aromatic carbocycles. The lowest BCUT2D eigenvalue weighted by Crippen LogP contribution is -2.31. The standard InChI is InChI=1S/C16H19FN4O2S/c17-13-7-5-12(6-8-13)15-18-19-16-21(15)10-20(11-24-16)9-3-1-2-4-14(22)23/h5-8H,1-4,9-11H2,(H,22,23). The Kier molecular flexibility index (Phi) is 5.47. The highest BCUT2D eigenvalue weighted by Crippen LogP contribution is 2.29. The molecule has 0 spiro atoms. The minimum atomic E-state index is -0.735. The smallest absolute Gasteiger partial charge is 0.303 e. The number of carbonyl (C=O) groups is 1. The van der Waals surface area contributed by atoms with Crippen molar-refractivity contribution in [3.63, 3.8) is 0 Å². The van der Waals surface area contributed by atoms with Crippen molar-refractivity contribution in [2.75, 3.05) is 12.4 Å². The van der Waals surface area contributed by atoms with E-state index in [1.807, 2.05) is 4.57 Å². The van der Waals surface area contributed by atoms with Gasteiger partial charge in [-0.3, -0.25) is 14.3 Å². The van der Waals surface area contributed by atoms with Crippen LogP contribution in [0.5, 0.6) is 0 Å². The molecule has 3 rings (SSSR count). The van der Waals surface area contributed by atoms with E-state index in [-0.39, 0.29) is 12.2 Å². The van der Waals surface area contributed by atoms with Gasteiger partial charge in [0.15, 0.2) is 11.0 Å². The molecule has 0 amide bonds. The Bertz CT molecular complexity index is 705. The van der Waals surface area contributed by atoms with E-state index in [0.717, 1.165) is 48.2 Å².